The molecule has 0 fully saturated rings. The second-order valence-electron chi connectivity index (χ2n) is 9.08. The maximum Gasteiger partial charge on any atom is 0.259 e. The van der Waals surface area contributed by atoms with E-state index in [1.165, 1.54) is 0 Å². The van der Waals surface area contributed by atoms with Crippen LogP contribution in [0, 0.1) is 15.5 Å². The Kier molecular flexibility index (Phi) is 5.88. The monoisotopic (exact) mass is 371 g/mol. The molecule has 1 aromatic rings. The first-order valence-corrected chi connectivity index (χ1v) is 9.13. The van der Waals surface area contributed by atoms with Crippen molar-refractivity contribution in [2.45, 2.75) is 65.5 Å². The van der Waals surface area contributed by atoms with Crippen molar-refractivity contribution in [1.29, 1.82) is 0 Å². The lowest BCUT2D eigenvalue weighted by atomic mass is 9.72. The average Bonchev–Trinajstić information content (AvgIpc) is 2.52. The molecule has 2 atom stereocenters. The number of hydrogen-bond acceptors (Lipinski definition) is 5. The molecule has 6 heteroatoms. The molecule has 0 spiro atoms. The predicted octanol–water partition coefficient (Wildman–Crippen LogP) is 5.72. The molecule has 2 unspecified atom stereocenters. The van der Waals surface area contributed by atoms with Gasteiger partial charge in [-0.3, -0.25) is 10.1 Å². The Bertz CT molecular complexity index is 801. The highest BCUT2D eigenvalue weighted by molar-refractivity contribution is 5.53. The van der Waals surface area contributed by atoms with Crippen molar-refractivity contribution in [1.82, 2.24) is 0 Å². The molecule has 2 rings (SSSR count). The molecule has 1 aliphatic carbocycles. The molecule has 1 aliphatic rings. The zero-order valence-electron chi connectivity index (χ0n) is 16.9. The van der Waals surface area contributed by atoms with Crippen LogP contribution in [0.5, 0.6) is 5.75 Å². The molecule has 146 valence electrons. The van der Waals surface area contributed by atoms with Crippen LogP contribution in [-0.4, -0.2) is 22.1 Å². The fourth-order valence-corrected chi connectivity index (χ4v) is 3.66. The molecule has 0 saturated heterocycles. The number of hydrogen-bond donors (Lipinski definition) is 1. The van der Waals surface area contributed by atoms with E-state index in [-0.39, 0.29) is 21.5 Å². The normalized spacial score (nSPS) is 20.7. The molecular formula is C21H29N3O3. The first-order chi connectivity index (χ1) is 12.4. The van der Waals surface area contributed by atoms with Gasteiger partial charge in [-0.05, 0) is 53.5 Å². The quantitative estimate of drug-likeness (QED) is 0.408. The van der Waals surface area contributed by atoms with Gasteiger partial charge >= 0.3 is 0 Å². The lowest BCUT2D eigenvalue weighted by molar-refractivity contribution is -0.510. The summed E-state index contributed by atoms with van der Waals surface area (Å²) in [5.41, 5.74) is 2.25. The number of azo groups is 1. The van der Waals surface area contributed by atoms with Gasteiger partial charge in [-0.1, -0.05) is 52.8 Å². The van der Waals surface area contributed by atoms with Crippen molar-refractivity contribution in [3.05, 3.63) is 57.7 Å². The van der Waals surface area contributed by atoms with Crippen LogP contribution in [0.25, 0.3) is 0 Å². The first kappa shape index (κ1) is 20.8. The van der Waals surface area contributed by atoms with Gasteiger partial charge in [0.1, 0.15) is 11.4 Å². The highest BCUT2D eigenvalue weighted by Gasteiger charge is 2.30. The number of aromatic hydroxyl groups is 1. The van der Waals surface area contributed by atoms with Gasteiger partial charge in [0.2, 0.25) is 0 Å². The summed E-state index contributed by atoms with van der Waals surface area (Å²) in [4.78, 5) is 10.9. The third kappa shape index (κ3) is 5.49. The SMILES string of the molecule is CC1=CC([N+](=O)[O-])C(N=Nc2cc(C(C)(C)CC(C)(C)C)ccc2O)C=C1. The molecule has 1 N–H and O–H groups in total. The summed E-state index contributed by atoms with van der Waals surface area (Å²) in [5, 5.41) is 29.7. The van der Waals surface area contributed by atoms with Crippen molar-refractivity contribution in [2.24, 2.45) is 15.6 Å². The van der Waals surface area contributed by atoms with Gasteiger partial charge in [-0.25, -0.2) is 0 Å². The molecular weight excluding hydrogens is 342 g/mol. The second kappa shape index (κ2) is 7.62. The predicted molar refractivity (Wildman–Crippen MR) is 107 cm³/mol. The van der Waals surface area contributed by atoms with Crippen LogP contribution >= 0.6 is 0 Å². The Hall–Kier alpha value is -2.50. The van der Waals surface area contributed by atoms with Crippen LogP contribution < -0.4 is 0 Å². The van der Waals surface area contributed by atoms with E-state index in [2.05, 4.69) is 44.8 Å². The average molecular weight is 371 g/mol. The molecule has 1 aromatic carbocycles. The Labute approximate surface area is 160 Å². The Balaban J connectivity index is 2.30. The second-order valence-corrected chi connectivity index (χ2v) is 9.08. The van der Waals surface area contributed by atoms with Gasteiger partial charge in [0, 0.05) is 4.92 Å². The first-order valence-electron chi connectivity index (χ1n) is 9.13. The van der Waals surface area contributed by atoms with Crippen LogP contribution in [0.2, 0.25) is 0 Å². The zero-order chi connectivity index (χ0) is 20.4. The van der Waals surface area contributed by atoms with E-state index < -0.39 is 12.1 Å². The lowest BCUT2D eigenvalue weighted by Crippen LogP contribution is -2.30. The summed E-state index contributed by atoms with van der Waals surface area (Å²) in [5.74, 6) is 0.0122. The number of phenolic OH excluding ortho intramolecular Hbond substituents is 1. The topological polar surface area (TPSA) is 88.1 Å². The van der Waals surface area contributed by atoms with E-state index >= 15 is 0 Å². The molecule has 0 heterocycles. The zero-order valence-corrected chi connectivity index (χ0v) is 16.9. The summed E-state index contributed by atoms with van der Waals surface area (Å²) < 4.78 is 0. The molecule has 0 aromatic heterocycles. The fraction of sp³-hybridized carbons (Fsp3) is 0.524. The maximum absolute atomic E-state index is 11.3. The lowest BCUT2D eigenvalue weighted by Gasteiger charge is -2.33. The molecule has 0 amide bonds. The van der Waals surface area contributed by atoms with Crippen molar-refractivity contribution < 1.29 is 10.0 Å². The van der Waals surface area contributed by atoms with Gasteiger partial charge < -0.3 is 5.11 Å². The third-order valence-electron chi connectivity index (χ3n) is 4.61. The van der Waals surface area contributed by atoms with Gasteiger partial charge in [0.15, 0.2) is 6.04 Å². The molecule has 0 radical (unpaired) electrons. The molecule has 0 saturated carbocycles. The van der Waals surface area contributed by atoms with E-state index in [0.717, 1.165) is 17.6 Å². The minimum atomic E-state index is -0.943. The van der Waals surface area contributed by atoms with E-state index in [1.807, 2.05) is 19.1 Å². The Morgan fingerprint density at radius 3 is 2.48 bits per heavy atom. The number of phenols is 1. The molecule has 0 aliphatic heterocycles. The Morgan fingerprint density at radius 2 is 1.89 bits per heavy atom. The van der Waals surface area contributed by atoms with Crippen LogP contribution in [0.15, 0.2) is 52.2 Å². The van der Waals surface area contributed by atoms with Gasteiger partial charge in [-0.15, -0.1) is 0 Å². The number of nitro groups is 1. The number of nitrogens with zero attached hydrogens (tertiary/aromatic N) is 3. The van der Waals surface area contributed by atoms with E-state index in [0.29, 0.717) is 5.69 Å². The standard InChI is InChI=1S/C21H29N3O3/c1-14-7-9-16(18(11-14)24(26)27)22-23-17-12-15(8-10-19(17)25)21(5,6)13-20(2,3)4/h7-12,16,18,25H,13H2,1-6H3. The minimum Gasteiger partial charge on any atom is -0.506 e. The number of rotatable bonds is 5. The van der Waals surface area contributed by atoms with Gasteiger partial charge in [0.25, 0.3) is 6.04 Å². The van der Waals surface area contributed by atoms with Crippen molar-refractivity contribution in [2.75, 3.05) is 0 Å². The highest BCUT2D eigenvalue weighted by Crippen LogP contribution is 2.39. The molecule has 6 nitrogen and oxygen atoms in total. The molecule has 0 bridgehead atoms. The van der Waals surface area contributed by atoms with Crippen LogP contribution in [0.3, 0.4) is 0 Å². The summed E-state index contributed by atoms with van der Waals surface area (Å²) >= 11 is 0. The van der Waals surface area contributed by atoms with E-state index in [4.69, 9.17) is 0 Å². The summed E-state index contributed by atoms with van der Waals surface area (Å²) in [7, 11) is 0. The van der Waals surface area contributed by atoms with Crippen molar-refractivity contribution in [3.8, 4) is 5.75 Å². The van der Waals surface area contributed by atoms with Crippen molar-refractivity contribution >= 4 is 5.69 Å². The van der Waals surface area contributed by atoms with Crippen LogP contribution in [-0.2, 0) is 5.41 Å². The Morgan fingerprint density at radius 1 is 1.22 bits per heavy atom. The number of allylic oxidation sites excluding steroid dienone is 2. The maximum atomic E-state index is 11.3. The summed E-state index contributed by atoms with van der Waals surface area (Å²) in [6.45, 7) is 12.7. The van der Waals surface area contributed by atoms with Crippen LogP contribution in [0.1, 0.15) is 53.5 Å². The smallest absolute Gasteiger partial charge is 0.259 e. The van der Waals surface area contributed by atoms with E-state index in [1.54, 1.807) is 24.3 Å². The molecule has 27 heavy (non-hydrogen) atoms. The number of benzene rings is 1. The summed E-state index contributed by atoms with van der Waals surface area (Å²) in [6.07, 6.45) is 6.01. The largest absolute Gasteiger partial charge is 0.506 e. The van der Waals surface area contributed by atoms with Gasteiger partial charge in [0.05, 0.1) is 0 Å². The van der Waals surface area contributed by atoms with Crippen molar-refractivity contribution in [3.63, 3.8) is 0 Å². The summed E-state index contributed by atoms with van der Waals surface area (Å²) in [6, 6.07) is 3.70. The fourth-order valence-electron chi connectivity index (χ4n) is 3.66. The minimum absolute atomic E-state index is 0.0122. The van der Waals surface area contributed by atoms with Crippen LogP contribution in [0.4, 0.5) is 5.69 Å². The van der Waals surface area contributed by atoms with Gasteiger partial charge in [-0.2, -0.15) is 10.2 Å². The highest BCUT2D eigenvalue weighted by atomic mass is 16.6. The van der Waals surface area contributed by atoms with E-state index in [9.17, 15) is 15.2 Å². The third-order valence-corrected chi connectivity index (χ3v) is 4.61.